The van der Waals surface area contributed by atoms with Crippen LogP contribution in [0.2, 0.25) is 0 Å². The molecule has 14 heavy (non-hydrogen) atoms. The molecular formula is C10H10O4. The number of hydrogen-bond acceptors (Lipinski definition) is 4. The molecule has 0 N–H and O–H groups in total. The Hall–Kier alpha value is -1.55. The van der Waals surface area contributed by atoms with Gasteiger partial charge in [0, 0.05) is 6.92 Å². The highest BCUT2D eigenvalue weighted by Gasteiger charge is 2.16. The summed E-state index contributed by atoms with van der Waals surface area (Å²) >= 11 is 0. The molecule has 0 fully saturated rings. The maximum atomic E-state index is 10.8. The van der Waals surface area contributed by atoms with Crippen molar-refractivity contribution in [2.45, 2.75) is 13.5 Å². The van der Waals surface area contributed by atoms with Gasteiger partial charge in [-0.15, -0.1) is 0 Å². The van der Waals surface area contributed by atoms with Gasteiger partial charge < -0.3 is 14.2 Å². The Morgan fingerprint density at radius 2 is 2.36 bits per heavy atom. The van der Waals surface area contributed by atoms with Crippen LogP contribution in [-0.2, 0) is 16.1 Å². The van der Waals surface area contributed by atoms with Crippen LogP contribution in [-0.4, -0.2) is 12.8 Å². The maximum absolute atomic E-state index is 10.8. The fraction of sp³-hybridized carbons (Fsp3) is 0.300. The Labute approximate surface area is 81.4 Å². The summed E-state index contributed by atoms with van der Waals surface area (Å²) in [5.41, 5.74) is 0.786. The molecule has 1 heterocycles. The van der Waals surface area contributed by atoms with Crippen LogP contribution in [0.25, 0.3) is 0 Å². The number of rotatable bonds is 1. The van der Waals surface area contributed by atoms with Crippen molar-refractivity contribution in [1.82, 2.24) is 0 Å². The molecule has 0 unspecified atom stereocenters. The molecule has 0 amide bonds. The van der Waals surface area contributed by atoms with Crippen LogP contribution < -0.4 is 9.47 Å². The lowest BCUT2D eigenvalue weighted by molar-refractivity contribution is -0.132. The van der Waals surface area contributed by atoms with E-state index in [1.807, 2.05) is 6.07 Å². The van der Waals surface area contributed by atoms with Crippen LogP contribution in [0.3, 0.4) is 0 Å². The van der Waals surface area contributed by atoms with Crippen molar-refractivity contribution in [2.24, 2.45) is 0 Å². The minimum atomic E-state index is -0.344. The average Bonchev–Trinajstić information content (AvgIpc) is 2.18. The number of hydrogen-bond donors (Lipinski definition) is 0. The highest BCUT2D eigenvalue weighted by atomic mass is 16.7. The summed E-state index contributed by atoms with van der Waals surface area (Å²) in [5.74, 6) is 0.883. The van der Waals surface area contributed by atoms with Crippen molar-refractivity contribution in [1.29, 1.82) is 0 Å². The Morgan fingerprint density at radius 1 is 1.50 bits per heavy atom. The molecule has 0 spiro atoms. The Balaban J connectivity index is 2.35. The molecule has 2 rings (SSSR count). The second-order valence-electron chi connectivity index (χ2n) is 2.94. The Bertz CT molecular complexity index is 359. The van der Waals surface area contributed by atoms with E-state index in [9.17, 15) is 4.79 Å². The smallest absolute Gasteiger partial charge is 0.308 e. The van der Waals surface area contributed by atoms with Crippen molar-refractivity contribution in [3.8, 4) is 11.5 Å². The van der Waals surface area contributed by atoms with Crippen LogP contribution in [0.4, 0.5) is 0 Å². The van der Waals surface area contributed by atoms with E-state index in [0.717, 1.165) is 11.3 Å². The first-order valence-electron chi connectivity index (χ1n) is 4.28. The Kier molecular flexibility index (Phi) is 2.37. The predicted molar refractivity (Wildman–Crippen MR) is 48.0 cm³/mol. The van der Waals surface area contributed by atoms with Crippen molar-refractivity contribution < 1.29 is 19.0 Å². The standard InChI is InChI=1S/C10H10O4/c1-7(11)14-10-4-2-3-9-8(10)5-12-6-13-9/h2-4H,5-6H2,1H3. The molecule has 0 bridgehead atoms. The van der Waals surface area contributed by atoms with Gasteiger partial charge in [0.15, 0.2) is 6.79 Å². The third kappa shape index (κ3) is 1.70. The summed E-state index contributed by atoms with van der Waals surface area (Å²) in [6.07, 6.45) is 0. The number of carbonyl (C=O) groups is 1. The highest BCUT2D eigenvalue weighted by molar-refractivity contribution is 5.70. The molecule has 0 aromatic heterocycles. The van der Waals surface area contributed by atoms with Crippen molar-refractivity contribution in [2.75, 3.05) is 6.79 Å². The zero-order chi connectivity index (χ0) is 9.97. The summed E-state index contributed by atoms with van der Waals surface area (Å²) in [6, 6.07) is 5.32. The number of ether oxygens (including phenoxy) is 3. The lowest BCUT2D eigenvalue weighted by Crippen LogP contribution is -2.13. The molecule has 1 aliphatic rings. The van der Waals surface area contributed by atoms with Gasteiger partial charge in [0.05, 0.1) is 12.2 Å². The molecule has 0 saturated heterocycles. The molecule has 4 nitrogen and oxygen atoms in total. The molecule has 0 aliphatic carbocycles. The number of benzene rings is 1. The minimum absolute atomic E-state index is 0.247. The first kappa shape index (κ1) is 9.02. The van der Waals surface area contributed by atoms with E-state index >= 15 is 0 Å². The average molecular weight is 194 g/mol. The van der Waals surface area contributed by atoms with Gasteiger partial charge in [-0.2, -0.15) is 0 Å². The van der Waals surface area contributed by atoms with Crippen LogP contribution in [0.15, 0.2) is 18.2 Å². The maximum Gasteiger partial charge on any atom is 0.308 e. The summed E-state index contributed by atoms with van der Waals surface area (Å²) in [7, 11) is 0. The van der Waals surface area contributed by atoms with Crippen LogP contribution in [0.5, 0.6) is 11.5 Å². The second kappa shape index (κ2) is 3.67. The molecule has 1 aromatic carbocycles. The van der Waals surface area contributed by atoms with E-state index < -0.39 is 0 Å². The van der Waals surface area contributed by atoms with Crippen LogP contribution in [0, 0.1) is 0 Å². The van der Waals surface area contributed by atoms with E-state index in [0.29, 0.717) is 12.4 Å². The lowest BCUT2D eigenvalue weighted by Gasteiger charge is -2.19. The summed E-state index contributed by atoms with van der Waals surface area (Å²) < 4.78 is 15.4. The van der Waals surface area contributed by atoms with Gasteiger partial charge in [-0.25, -0.2) is 0 Å². The normalized spacial score (nSPS) is 14.1. The van der Waals surface area contributed by atoms with Crippen molar-refractivity contribution >= 4 is 5.97 Å². The Morgan fingerprint density at radius 3 is 3.14 bits per heavy atom. The molecule has 4 heteroatoms. The predicted octanol–water partition coefficient (Wildman–Crippen LogP) is 1.48. The fourth-order valence-corrected chi connectivity index (χ4v) is 1.32. The minimum Gasteiger partial charge on any atom is -0.467 e. The molecule has 0 radical (unpaired) electrons. The van der Waals surface area contributed by atoms with Gasteiger partial charge in [-0.3, -0.25) is 4.79 Å². The summed E-state index contributed by atoms with van der Waals surface area (Å²) in [4.78, 5) is 10.8. The van der Waals surface area contributed by atoms with Gasteiger partial charge in [-0.05, 0) is 12.1 Å². The fourth-order valence-electron chi connectivity index (χ4n) is 1.32. The lowest BCUT2D eigenvalue weighted by atomic mass is 10.2. The molecule has 0 atom stereocenters. The zero-order valence-electron chi connectivity index (χ0n) is 7.78. The third-order valence-corrected chi connectivity index (χ3v) is 1.89. The van der Waals surface area contributed by atoms with Gasteiger partial charge in [0.25, 0.3) is 0 Å². The molecule has 0 saturated carbocycles. The molecule has 1 aromatic rings. The van der Waals surface area contributed by atoms with Gasteiger partial charge in [-0.1, -0.05) is 6.07 Å². The number of esters is 1. The zero-order valence-corrected chi connectivity index (χ0v) is 7.78. The van der Waals surface area contributed by atoms with E-state index in [2.05, 4.69) is 0 Å². The number of fused-ring (bicyclic) bond motifs is 1. The van der Waals surface area contributed by atoms with Gasteiger partial charge in [0.2, 0.25) is 0 Å². The van der Waals surface area contributed by atoms with E-state index in [1.54, 1.807) is 12.1 Å². The van der Waals surface area contributed by atoms with E-state index in [-0.39, 0.29) is 12.8 Å². The topological polar surface area (TPSA) is 44.8 Å². The second-order valence-corrected chi connectivity index (χ2v) is 2.94. The SMILES string of the molecule is CC(=O)Oc1cccc2c1COCO2. The van der Waals surface area contributed by atoms with Crippen LogP contribution >= 0.6 is 0 Å². The largest absolute Gasteiger partial charge is 0.467 e. The van der Waals surface area contributed by atoms with Gasteiger partial charge in [0.1, 0.15) is 11.5 Å². The number of carbonyl (C=O) groups excluding carboxylic acids is 1. The first-order valence-corrected chi connectivity index (χ1v) is 4.28. The van der Waals surface area contributed by atoms with Crippen LogP contribution in [0.1, 0.15) is 12.5 Å². The van der Waals surface area contributed by atoms with Gasteiger partial charge >= 0.3 is 5.97 Å². The van der Waals surface area contributed by atoms with E-state index in [4.69, 9.17) is 14.2 Å². The van der Waals surface area contributed by atoms with E-state index in [1.165, 1.54) is 6.92 Å². The highest BCUT2D eigenvalue weighted by Crippen LogP contribution is 2.31. The molecule has 1 aliphatic heterocycles. The molecular weight excluding hydrogens is 184 g/mol. The summed E-state index contributed by atoms with van der Waals surface area (Å²) in [5, 5.41) is 0. The summed E-state index contributed by atoms with van der Waals surface area (Å²) in [6.45, 7) is 2.03. The van der Waals surface area contributed by atoms with Crippen molar-refractivity contribution in [3.63, 3.8) is 0 Å². The quantitative estimate of drug-likeness (QED) is 0.501. The van der Waals surface area contributed by atoms with Crippen molar-refractivity contribution in [3.05, 3.63) is 23.8 Å². The monoisotopic (exact) mass is 194 g/mol. The third-order valence-electron chi connectivity index (χ3n) is 1.89. The molecule has 74 valence electrons. The first-order chi connectivity index (χ1) is 6.77.